The number of carbonyl (C=O) groups is 1. The summed E-state index contributed by atoms with van der Waals surface area (Å²) in [5.74, 6) is 0.455. The topological polar surface area (TPSA) is 78.9 Å². The Morgan fingerprint density at radius 3 is 2.43 bits per heavy atom. The van der Waals surface area contributed by atoms with Gasteiger partial charge in [0.15, 0.2) is 0 Å². The highest BCUT2D eigenvalue weighted by atomic mass is 32.2. The van der Waals surface area contributed by atoms with Gasteiger partial charge in [-0.3, -0.25) is 4.79 Å². The average Bonchev–Trinajstić information content (AvgIpc) is 2.88. The lowest BCUT2D eigenvalue weighted by Crippen LogP contribution is -2.36. The predicted molar refractivity (Wildman–Crippen MR) is 136 cm³/mol. The number of sulfonamides is 1. The normalized spacial score (nSPS) is 14.9. The molecule has 1 heterocycles. The molecule has 1 aliphatic heterocycles. The van der Waals surface area contributed by atoms with Crippen molar-refractivity contribution < 1.29 is 17.9 Å². The van der Waals surface area contributed by atoms with Crippen LogP contribution in [0.25, 0.3) is 0 Å². The predicted octanol–water partition coefficient (Wildman–Crippen LogP) is 3.47. The first-order chi connectivity index (χ1) is 16.8. The maximum absolute atomic E-state index is 13.3. The number of likely N-dealkylation sites (N-methyl/N-ethyl adjacent to an activating group) is 1. The molecule has 3 aromatic rings. The first kappa shape index (κ1) is 24.9. The Morgan fingerprint density at radius 2 is 1.74 bits per heavy atom. The molecule has 3 aromatic carbocycles. The number of nitrogens with zero attached hydrogens (tertiary/aromatic N) is 2. The molecule has 0 aliphatic carbocycles. The van der Waals surface area contributed by atoms with Crippen molar-refractivity contribution in [1.29, 1.82) is 0 Å². The van der Waals surface area contributed by atoms with Crippen LogP contribution in [0.4, 0.5) is 0 Å². The molecule has 1 N–H and O–H groups in total. The number of nitrogens with one attached hydrogen (secondary N) is 1. The molecule has 0 saturated heterocycles. The van der Waals surface area contributed by atoms with E-state index in [4.69, 9.17) is 4.74 Å². The zero-order chi connectivity index (χ0) is 25.0. The van der Waals surface area contributed by atoms with E-state index in [-0.39, 0.29) is 16.8 Å². The Hall–Kier alpha value is -3.20. The molecule has 1 amide bonds. The highest BCUT2D eigenvalue weighted by molar-refractivity contribution is 7.89. The summed E-state index contributed by atoms with van der Waals surface area (Å²) in [6.45, 7) is 1.13. The van der Waals surface area contributed by atoms with Gasteiger partial charge in [-0.1, -0.05) is 42.5 Å². The minimum absolute atomic E-state index is 0.0508. The third-order valence-electron chi connectivity index (χ3n) is 6.41. The second-order valence-electron chi connectivity index (χ2n) is 8.85. The number of rotatable bonds is 8. The van der Waals surface area contributed by atoms with Crippen LogP contribution < -0.4 is 10.1 Å². The second kappa shape index (κ2) is 10.6. The first-order valence-corrected chi connectivity index (χ1v) is 13.0. The van der Waals surface area contributed by atoms with Gasteiger partial charge in [0.05, 0.1) is 18.0 Å². The van der Waals surface area contributed by atoms with Crippen LogP contribution in [0.5, 0.6) is 5.75 Å². The molecule has 0 aromatic heterocycles. The molecule has 1 aliphatic rings. The minimum atomic E-state index is -3.72. The zero-order valence-electron chi connectivity index (χ0n) is 20.3. The highest BCUT2D eigenvalue weighted by Gasteiger charge is 2.28. The lowest BCUT2D eigenvalue weighted by molar-refractivity contribution is 0.0941. The van der Waals surface area contributed by atoms with Gasteiger partial charge in [-0.15, -0.1) is 0 Å². The van der Waals surface area contributed by atoms with Gasteiger partial charge in [-0.25, -0.2) is 8.42 Å². The fourth-order valence-corrected chi connectivity index (χ4v) is 5.80. The van der Waals surface area contributed by atoms with Gasteiger partial charge in [0, 0.05) is 25.2 Å². The molecule has 1 atom stereocenters. The molecular weight excluding hydrogens is 462 g/mol. The van der Waals surface area contributed by atoms with E-state index < -0.39 is 10.0 Å². The van der Waals surface area contributed by atoms with Crippen molar-refractivity contribution in [1.82, 2.24) is 14.5 Å². The molecule has 0 spiro atoms. The summed E-state index contributed by atoms with van der Waals surface area (Å²) < 4.78 is 33.4. The largest absolute Gasteiger partial charge is 0.497 e. The third kappa shape index (κ3) is 5.56. The zero-order valence-corrected chi connectivity index (χ0v) is 21.1. The van der Waals surface area contributed by atoms with Crippen LogP contribution >= 0.6 is 0 Å². The molecule has 35 heavy (non-hydrogen) atoms. The summed E-state index contributed by atoms with van der Waals surface area (Å²) in [5, 5.41) is 2.96. The molecule has 0 saturated carbocycles. The Morgan fingerprint density at radius 1 is 1.03 bits per heavy atom. The summed E-state index contributed by atoms with van der Waals surface area (Å²) in [6, 6.07) is 21.8. The summed E-state index contributed by atoms with van der Waals surface area (Å²) >= 11 is 0. The van der Waals surface area contributed by atoms with Crippen LogP contribution in [0.1, 0.15) is 33.1 Å². The van der Waals surface area contributed by atoms with Crippen molar-refractivity contribution in [3.63, 3.8) is 0 Å². The molecule has 184 valence electrons. The fourth-order valence-electron chi connectivity index (χ4n) is 4.34. The van der Waals surface area contributed by atoms with Gasteiger partial charge in [0.25, 0.3) is 5.91 Å². The van der Waals surface area contributed by atoms with Crippen molar-refractivity contribution in [3.8, 4) is 5.75 Å². The Labute approximate surface area is 207 Å². The number of hydrogen-bond acceptors (Lipinski definition) is 5. The molecule has 0 radical (unpaired) electrons. The molecular formula is C27H31N3O4S. The van der Waals surface area contributed by atoms with Crippen molar-refractivity contribution in [2.75, 3.05) is 34.3 Å². The Kier molecular flexibility index (Phi) is 7.54. The van der Waals surface area contributed by atoms with Crippen molar-refractivity contribution >= 4 is 15.9 Å². The van der Waals surface area contributed by atoms with Crippen LogP contribution in [0.15, 0.2) is 77.7 Å². The standard InChI is InChI=1S/C27H31N3O4S/c1-29(2)26(21-11-13-24(34-3)14-12-21)18-28-27(31)22-9-6-10-25(17-22)35(32,33)30-16-15-20-7-4-5-8-23(20)19-30/h4-14,17,26H,15-16,18-19H2,1-3H3,(H,28,31)/t26-/m0/s1. The molecule has 0 bridgehead atoms. The number of carbonyl (C=O) groups excluding carboxylic acids is 1. The number of amides is 1. The van der Waals surface area contributed by atoms with Crippen LogP contribution in [-0.4, -0.2) is 57.8 Å². The number of ether oxygens (including phenoxy) is 1. The van der Waals surface area contributed by atoms with E-state index in [9.17, 15) is 13.2 Å². The summed E-state index contributed by atoms with van der Waals surface area (Å²) in [6.07, 6.45) is 0.673. The van der Waals surface area contributed by atoms with Crippen LogP contribution in [0.3, 0.4) is 0 Å². The van der Waals surface area contributed by atoms with Gasteiger partial charge in [0.2, 0.25) is 10.0 Å². The number of fused-ring (bicyclic) bond motifs is 1. The lowest BCUT2D eigenvalue weighted by atomic mass is 10.0. The maximum Gasteiger partial charge on any atom is 0.251 e. The van der Waals surface area contributed by atoms with Gasteiger partial charge in [-0.2, -0.15) is 4.31 Å². The maximum atomic E-state index is 13.3. The monoisotopic (exact) mass is 493 g/mol. The van der Waals surface area contributed by atoms with E-state index in [0.717, 1.165) is 16.9 Å². The van der Waals surface area contributed by atoms with Crippen LogP contribution in [0.2, 0.25) is 0 Å². The van der Waals surface area contributed by atoms with Crippen LogP contribution in [0, 0.1) is 0 Å². The molecule has 8 heteroatoms. The SMILES string of the molecule is COc1ccc([C@H](CNC(=O)c2cccc(S(=O)(=O)N3CCc4ccccc4C3)c2)N(C)C)cc1. The van der Waals surface area contributed by atoms with E-state index in [1.54, 1.807) is 25.3 Å². The number of benzene rings is 3. The number of hydrogen-bond donors (Lipinski definition) is 1. The van der Waals surface area contributed by atoms with Crippen molar-refractivity contribution in [2.45, 2.75) is 23.9 Å². The molecule has 0 fully saturated rings. The lowest BCUT2D eigenvalue weighted by Gasteiger charge is -2.28. The Balaban J connectivity index is 1.47. The molecule has 7 nitrogen and oxygen atoms in total. The smallest absolute Gasteiger partial charge is 0.251 e. The van der Waals surface area contributed by atoms with Gasteiger partial charge in [0.1, 0.15) is 5.75 Å². The van der Waals surface area contributed by atoms with Crippen LogP contribution in [-0.2, 0) is 23.0 Å². The highest BCUT2D eigenvalue weighted by Crippen LogP contribution is 2.26. The summed E-state index contributed by atoms with van der Waals surface area (Å²) in [4.78, 5) is 15.1. The van der Waals surface area contributed by atoms with Crippen molar-refractivity contribution in [3.05, 3.63) is 95.1 Å². The van der Waals surface area contributed by atoms with E-state index in [0.29, 0.717) is 31.6 Å². The first-order valence-electron chi connectivity index (χ1n) is 11.5. The minimum Gasteiger partial charge on any atom is -0.497 e. The summed E-state index contributed by atoms with van der Waals surface area (Å²) in [7, 11) is 1.80. The average molecular weight is 494 g/mol. The van der Waals surface area contributed by atoms with Crippen molar-refractivity contribution in [2.24, 2.45) is 0 Å². The van der Waals surface area contributed by atoms with E-state index >= 15 is 0 Å². The quantitative estimate of drug-likeness (QED) is 0.520. The third-order valence-corrected chi connectivity index (χ3v) is 8.25. The van der Waals surface area contributed by atoms with Gasteiger partial charge in [-0.05, 0) is 67.5 Å². The van der Waals surface area contributed by atoms with E-state index in [1.165, 1.54) is 15.9 Å². The summed E-state index contributed by atoms with van der Waals surface area (Å²) in [5.41, 5.74) is 3.55. The van der Waals surface area contributed by atoms with Gasteiger partial charge >= 0.3 is 0 Å². The second-order valence-corrected chi connectivity index (χ2v) is 10.8. The van der Waals surface area contributed by atoms with Gasteiger partial charge < -0.3 is 15.0 Å². The number of methoxy groups -OCH3 is 1. The van der Waals surface area contributed by atoms with E-state index in [1.807, 2.05) is 67.5 Å². The van der Waals surface area contributed by atoms with E-state index in [2.05, 4.69) is 5.32 Å². The Bertz CT molecular complexity index is 1290. The fraction of sp³-hybridized carbons (Fsp3) is 0.296. The molecule has 0 unspecified atom stereocenters. The molecule has 4 rings (SSSR count).